The maximum Gasteiger partial charge on any atom is 0.255 e. The Hall–Kier alpha value is -1.71. The zero-order valence-electron chi connectivity index (χ0n) is 11.2. The van der Waals surface area contributed by atoms with Crippen molar-refractivity contribution in [2.24, 2.45) is 0 Å². The van der Waals surface area contributed by atoms with E-state index in [1.54, 1.807) is 31.1 Å². The van der Waals surface area contributed by atoms with Crippen molar-refractivity contribution in [3.05, 3.63) is 23.8 Å². The predicted octanol–water partition coefficient (Wildman–Crippen LogP) is 1.82. The average Bonchev–Trinajstić information content (AvgIpc) is 2.26. The molecule has 0 heterocycles. The van der Waals surface area contributed by atoms with Crippen LogP contribution in [0.25, 0.3) is 0 Å². The van der Waals surface area contributed by atoms with Gasteiger partial charge in [0.1, 0.15) is 0 Å². The summed E-state index contributed by atoms with van der Waals surface area (Å²) in [6.07, 6.45) is 0. The highest BCUT2D eigenvalue weighted by molar-refractivity contribution is 6.00. The SMILES string of the molecule is CC(C)N(C)c1cc(N)ccc1C(=O)N(C)C. The van der Waals surface area contributed by atoms with Gasteiger partial charge in [0.2, 0.25) is 0 Å². The van der Waals surface area contributed by atoms with Crippen molar-refractivity contribution < 1.29 is 4.79 Å². The van der Waals surface area contributed by atoms with Crippen LogP contribution in [-0.2, 0) is 0 Å². The second kappa shape index (κ2) is 5.08. The predicted molar refractivity (Wildman–Crippen MR) is 72.4 cm³/mol. The van der Waals surface area contributed by atoms with Crippen molar-refractivity contribution in [3.8, 4) is 0 Å². The van der Waals surface area contributed by atoms with Crippen LogP contribution in [0.3, 0.4) is 0 Å². The average molecular weight is 235 g/mol. The molecule has 1 rings (SSSR count). The minimum absolute atomic E-state index is 0.00694. The Bertz CT molecular complexity index is 413. The Morgan fingerprint density at radius 2 is 1.82 bits per heavy atom. The number of carbonyl (C=O) groups excluding carboxylic acids is 1. The van der Waals surface area contributed by atoms with E-state index < -0.39 is 0 Å². The molecule has 94 valence electrons. The van der Waals surface area contributed by atoms with Gasteiger partial charge in [0.25, 0.3) is 5.91 Å². The molecule has 2 N–H and O–H groups in total. The van der Waals surface area contributed by atoms with Gasteiger partial charge in [-0.2, -0.15) is 0 Å². The number of nitrogens with two attached hydrogens (primary N) is 1. The van der Waals surface area contributed by atoms with Crippen LogP contribution in [0.1, 0.15) is 24.2 Å². The first-order chi connectivity index (χ1) is 7.84. The number of anilines is 2. The lowest BCUT2D eigenvalue weighted by Crippen LogP contribution is -2.30. The van der Waals surface area contributed by atoms with Gasteiger partial charge < -0.3 is 15.5 Å². The first kappa shape index (κ1) is 13.4. The normalized spacial score (nSPS) is 10.5. The maximum atomic E-state index is 12.1. The van der Waals surface area contributed by atoms with Gasteiger partial charge in [-0.1, -0.05) is 0 Å². The van der Waals surface area contributed by atoms with Crippen LogP contribution in [0.5, 0.6) is 0 Å². The van der Waals surface area contributed by atoms with Gasteiger partial charge in [0, 0.05) is 32.9 Å². The molecule has 4 nitrogen and oxygen atoms in total. The van der Waals surface area contributed by atoms with Crippen molar-refractivity contribution in [2.75, 3.05) is 31.8 Å². The zero-order valence-corrected chi connectivity index (χ0v) is 11.2. The summed E-state index contributed by atoms with van der Waals surface area (Å²) >= 11 is 0. The zero-order chi connectivity index (χ0) is 13.2. The van der Waals surface area contributed by atoms with Crippen LogP contribution < -0.4 is 10.6 Å². The lowest BCUT2D eigenvalue weighted by Gasteiger charge is -2.27. The number of nitrogen functional groups attached to an aromatic ring is 1. The molecule has 0 unspecified atom stereocenters. The van der Waals surface area contributed by atoms with Crippen LogP contribution in [0, 0.1) is 0 Å². The molecule has 0 aromatic heterocycles. The fourth-order valence-electron chi connectivity index (χ4n) is 1.54. The van der Waals surface area contributed by atoms with Crippen molar-refractivity contribution in [3.63, 3.8) is 0 Å². The maximum absolute atomic E-state index is 12.1. The summed E-state index contributed by atoms with van der Waals surface area (Å²) in [5, 5.41) is 0. The van der Waals surface area contributed by atoms with Crippen LogP contribution in [0.2, 0.25) is 0 Å². The summed E-state index contributed by atoms with van der Waals surface area (Å²) in [6, 6.07) is 5.70. The first-order valence-electron chi connectivity index (χ1n) is 5.68. The molecule has 0 saturated heterocycles. The lowest BCUT2D eigenvalue weighted by atomic mass is 10.1. The van der Waals surface area contributed by atoms with Crippen molar-refractivity contribution in [1.29, 1.82) is 0 Å². The quantitative estimate of drug-likeness (QED) is 0.813. The molecule has 0 spiro atoms. The highest BCUT2D eigenvalue weighted by atomic mass is 16.2. The Morgan fingerprint density at radius 1 is 1.24 bits per heavy atom. The number of carbonyl (C=O) groups is 1. The molecule has 0 atom stereocenters. The molecule has 1 aromatic carbocycles. The van der Waals surface area contributed by atoms with Gasteiger partial charge in [-0.15, -0.1) is 0 Å². The number of hydrogen-bond acceptors (Lipinski definition) is 3. The van der Waals surface area contributed by atoms with Crippen molar-refractivity contribution in [1.82, 2.24) is 4.90 Å². The van der Waals surface area contributed by atoms with E-state index in [1.165, 1.54) is 0 Å². The molecular formula is C13H21N3O. The molecule has 1 amide bonds. The van der Waals surface area contributed by atoms with Gasteiger partial charge in [0.05, 0.1) is 11.3 Å². The monoisotopic (exact) mass is 235 g/mol. The largest absolute Gasteiger partial charge is 0.399 e. The number of hydrogen-bond donors (Lipinski definition) is 1. The molecule has 1 aromatic rings. The molecule has 0 bridgehead atoms. The Balaban J connectivity index is 3.26. The Kier molecular flexibility index (Phi) is 3.99. The summed E-state index contributed by atoms with van der Waals surface area (Å²) < 4.78 is 0. The summed E-state index contributed by atoms with van der Waals surface area (Å²) in [4.78, 5) is 15.7. The Labute approximate surface area is 103 Å². The highest BCUT2D eigenvalue weighted by Gasteiger charge is 2.17. The van der Waals surface area contributed by atoms with Gasteiger partial charge >= 0.3 is 0 Å². The molecule has 4 heteroatoms. The second-order valence-corrected chi connectivity index (χ2v) is 4.68. The number of nitrogens with zero attached hydrogens (tertiary/aromatic N) is 2. The minimum Gasteiger partial charge on any atom is -0.399 e. The van der Waals surface area contributed by atoms with Crippen molar-refractivity contribution >= 4 is 17.3 Å². The van der Waals surface area contributed by atoms with E-state index in [4.69, 9.17) is 5.73 Å². The van der Waals surface area contributed by atoms with Gasteiger partial charge in [-0.05, 0) is 32.0 Å². The smallest absolute Gasteiger partial charge is 0.255 e. The molecule has 0 aliphatic heterocycles. The first-order valence-corrected chi connectivity index (χ1v) is 5.68. The molecule has 17 heavy (non-hydrogen) atoms. The summed E-state index contributed by atoms with van der Waals surface area (Å²) in [5.41, 5.74) is 8.01. The number of amides is 1. The summed E-state index contributed by atoms with van der Waals surface area (Å²) in [5.74, 6) is -0.00694. The third-order valence-corrected chi connectivity index (χ3v) is 2.81. The fourth-order valence-corrected chi connectivity index (χ4v) is 1.54. The summed E-state index contributed by atoms with van der Waals surface area (Å²) in [7, 11) is 5.46. The van der Waals surface area contributed by atoms with Crippen LogP contribution in [0.4, 0.5) is 11.4 Å². The number of rotatable bonds is 3. The van der Waals surface area contributed by atoms with Gasteiger partial charge in [-0.25, -0.2) is 0 Å². The van der Waals surface area contributed by atoms with Crippen molar-refractivity contribution in [2.45, 2.75) is 19.9 Å². The lowest BCUT2D eigenvalue weighted by molar-refractivity contribution is 0.0828. The van der Waals surface area contributed by atoms with E-state index >= 15 is 0 Å². The molecule has 0 radical (unpaired) electrons. The summed E-state index contributed by atoms with van der Waals surface area (Å²) in [6.45, 7) is 4.15. The van der Waals surface area contributed by atoms with E-state index in [0.717, 1.165) is 5.69 Å². The topological polar surface area (TPSA) is 49.6 Å². The molecular weight excluding hydrogens is 214 g/mol. The third kappa shape index (κ3) is 2.90. The van der Waals surface area contributed by atoms with E-state index in [-0.39, 0.29) is 5.91 Å². The molecule has 0 aliphatic carbocycles. The second-order valence-electron chi connectivity index (χ2n) is 4.68. The highest BCUT2D eigenvalue weighted by Crippen LogP contribution is 2.25. The van der Waals surface area contributed by atoms with Crippen LogP contribution >= 0.6 is 0 Å². The van der Waals surface area contributed by atoms with Crippen LogP contribution in [0.15, 0.2) is 18.2 Å². The standard InChI is InChI=1S/C13H21N3O/c1-9(2)16(5)12-8-10(14)6-7-11(12)13(17)15(3)4/h6-9H,14H2,1-5H3. The Morgan fingerprint density at radius 3 is 2.29 bits per heavy atom. The molecule has 0 fully saturated rings. The van der Waals surface area contributed by atoms with Gasteiger partial charge in [-0.3, -0.25) is 4.79 Å². The minimum atomic E-state index is -0.00694. The third-order valence-electron chi connectivity index (χ3n) is 2.81. The van der Waals surface area contributed by atoms with E-state index in [2.05, 4.69) is 13.8 Å². The molecule has 0 aliphatic rings. The van der Waals surface area contributed by atoms with E-state index in [9.17, 15) is 4.79 Å². The number of benzene rings is 1. The van der Waals surface area contributed by atoms with Gasteiger partial charge in [0.15, 0.2) is 0 Å². The molecule has 0 saturated carbocycles. The fraction of sp³-hybridized carbons (Fsp3) is 0.462. The van der Waals surface area contributed by atoms with E-state index in [0.29, 0.717) is 17.3 Å². The van der Waals surface area contributed by atoms with E-state index in [1.807, 2.05) is 18.0 Å². The van der Waals surface area contributed by atoms with Crippen LogP contribution in [-0.4, -0.2) is 38.0 Å².